The molecule has 0 saturated carbocycles. The molecule has 0 saturated heterocycles. The number of methoxy groups -OCH3 is 1. The molecule has 0 radical (unpaired) electrons. The second kappa shape index (κ2) is 5.47. The van der Waals surface area contributed by atoms with Crippen LogP contribution in [0.1, 0.15) is 17.0 Å². The summed E-state index contributed by atoms with van der Waals surface area (Å²) in [5.74, 6) is 0.788. The van der Waals surface area contributed by atoms with Gasteiger partial charge in [0.2, 0.25) is 0 Å². The molecule has 0 atom stereocenters. The lowest BCUT2D eigenvalue weighted by Crippen LogP contribution is -1.96. The van der Waals surface area contributed by atoms with Gasteiger partial charge in [-0.1, -0.05) is 5.16 Å². The summed E-state index contributed by atoms with van der Waals surface area (Å²) < 4.78 is 12.5. The first-order chi connectivity index (χ1) is 12.0. The Balaban J connectivity index is 2.08. The van der Waals surface area contributed by atoms with Gasteiger partial charge in [-0.2, -0.15) is 10.1 Å². The van der Waals surface area contributed by atoms with Crippen LogP contribution in [0.5, 0.6) is 6.01 Å². The highest BCUT2D eigenvalue weighted by Crippen LogP contribution is 2.37. The third kappa shape index (κ3) is 2.31. The summed E-state index contributed by atoms with van der Waals surface area (Å²) in [5, 5.41) is 8.45. The molecule has 128 valence electrons. The molecule has 1 N–H and O–H groups in total. The maximum Gasteiger partial charge on any atom is 0.294 e. The third-order valence-corrected chi connectivity index (χ3v) is 4.46. The maximum atomic E-state index is 5.35. The normalized spacial score (nSPS) is 11.4. The largest absolute Gasteiger partial charge is 0.468 e. The van der Waals surface area contributed by atoms with E-state index in [4.69, 9.17) is 9.26 Å². The number of nitrogens with zero attached hydrogens (tertiary/aromatic N) is 4. The van der Waals surface area contributed by atoms with E-state index >= 15 is 0 Å². The molecule has 0 amide bonds. The summed E-state index contributed by atoms with van der Waals surface area (Å²) in [5.41, 5.74) is 7.71. The Hall–Kier alpha value is -3.09. The zero-order valence-electron chi connectivity index (χ0n) is 14.8. The molecule has 3 aromatic heterocycles. The summed E-state index contributed by atoms with van der Waals surface area (Å²) in [4.78, 5) is 7.79. The first kappa shape index (κ1) is 15.4. The number of ether oxygens (including phenoxy) is 1. The molecule has 25 heavy (non-hydrogen) atoms. The summed E-state index contributed by atoms with van der Waals surface area (Å²) in [7, 11) is 3.53. The van der Waals surface area contributed by atoms with Crippen molar-refractivity contribution in [3.05, 3.63) is 35.3 Å². The van der Waals surface area contributed by atoms with Gasteiger partial charge in [-0.15, -0.1) is 0 Å². The number of rotatable bonds is 3. The van der Waals surface area contributed by atoms with Crippen molar-refractivity contribution in [3.63, 3.8) is 0 Å². The number of aromatic nitrogens is 5. The van der Waals surface area contributed by atoms with Crippen molar-refractivity contribution in [2.24, 2.45) is 7.05 Å². The molecular weight excluding hydrogens is 318 g/mol. The Bertz CT molecular complexity index is 1050. The number of benzene rings is 1. The van der Waals surface area contributed by atoms with Crippen LogP contribution in [0.2, 0.25) is 0 Å². The Morgan fingerprint density at radius 1 is 1.20 bits per heavy atom. The molecule has 0 aliphatic carbocycles. The minimum atomic E-state index is 0.479. The second-order valence-corrected chi connectivity index (χ2v) is 6.17. The standard InChI is InChI=1S/C18H19N5O2/c1-9-8-19-23(4)17(9)13-6-12(15-10(2)22-25-11(15)3)7-14-16(13)21-18(20-14)24-5/h6-8H,1-5H3,(H,20,21). The van der Waals surface area contributed by atoms with E-state index in [1.165, 1.54) is 0 Å². The zero-order chi connectivity index (χ0) is 17.7. The van der Waals surface area contributed by atoms with Crippen LogP contribution < -0.4 is 4.74 Å². The van der Waals surface area contributed by atoms with Crippen molar-refractivity contribution < 1.29 is 9.26 Å². The minimum absolute atomic E-state index is 0.479. The molecule has 4 rings (SSSR count). The van der Waals surface area contributed by atoms with Crippen LogP contribution in [0.3, 0.4) is 0 Å². The maximum absolute atomic E-state index is 5.35. The highest BCUT2D eigenvalue weighted by Gasteiger charge is 2.19. The van der Waals surface area contributed by atoms with Crippen molar-refractivity contribution in [2.75, 3.05) is 7.11 Å². The van der Waals surface area contributed by atoms with Crippen molar-refractivity contribution >= 4 is 11.0 Å². The molecule has 0 unspecified atom stereocenters. The van der Waals surface area contributed by atoms with Crippen LogP contribution in [-0.2, 0) is 7.05 Å². The molecule has 4 aromatic rings. The van der Waals surface area contributed by atoms with E-state index in [0.29, 0.717) is 6.01 Å². The number of nitrogens with one attached hydrogen (secondary N) is 1. The molecule has 1 aromatic carbocycles. The Kier molecular flexibility index (Phi) is 3.38. The molecule has 0 aliphatic heterocycles. The van der Waals surface area contributed by atoms with Crippen molar-refractivity contribution in [3.8, 4) is 28.4 Å². The van der Waals surface area contributed by atoms with Gasteiger partial charge < -0.3 is 14.2 Å². The van der Waals surface area contributed by atoms with Crippen LogP contribution >= 0.6 is 0 Å². The molecule has 0 fully saturated rings. The summed E-state index contributed by atoms with van der Waals surface area (Å²) >= 11 is 0. The van der Waals surface area contributed by atoms with Gasteiger partial charge in [0.05, 0.1) is 30.2 Å². The monoisotopic (exact) mass is 337 g/mol. The van der Waals surface area contributed by atoms with Crippen molar-refractivity contribution in [2.45, 2.75) is 20.8 Å². The number of imidazole rings is 1. The van der Waals surface area contributed by atoms with Gasteiger partial charge in [-0.05, 0) is 44.0 Å². The average molecular weight is 337 g/mol. The lowest BCUT2D eigenvalue weighted by molar-refractivity contribution is 0.386. The van der Waals surface area contributed by atoms with Crippen molar-refractivity contribution in [1.82, 2.24) is 24.9 Å². The third-order valence-electron chi connectivity index (χ3n) is 4.46. The lowest BCUT2D eigenvalue weighted by atomic mass is 9.98. The molecule has 0 spiro atoms. The summed E-state index contributed by atoms with van der Waals surface area (Å²) in [6.07, 6.45) is 1.85. The average Bonchev–Trinajstić information content (AvgIpc) is 3.24. The van der Waals surface area contributed by atoms with Crippen LogP contribution in [0.4, 0.5) is 0 Å². The van der Waals surface area contributed by atoms with Gasteiger partial charge in [0, 0.05) is 18.2 Å². The Morgan fingerprint density at radius 2 is 2.00 bits per heavy atom. The first-order valence-corrected chi connectivity index (χ1v) is 7.99. The fourth-order valence-electron chi connectivity index (χ4n) is 3.35. The highest BCUT2D eigenvalue weighted by atomic mass is 16.5. The van der Waals surface area contributed by atoms with E-state index in [0.717, 1.165) is 50.4 Å². The van der Waals surface area contributed by atoms with Crippen LogP contribution in [-0.4, -0.2) is 32.0 Å². The van der Waals surface area contributed by atoms with Crippen LogP contribution in [0.15, 0.2) is 22.9 Å². The van der Waals surface area contributed by atoms with Gasteiger partial charge in [0.15, 0.2) is 0 Å². The predicted octanol–water partition coefficient (Wildman–Crippen LogP) is 3.55. The Morgan fingerprint density at radius 3 is 2.60 bits per heavy atom. The van der Waals surface area contributed by atoms with Gasteiger partial charge in [-0.3, -0.25) is 4.68 Å². The molecule has 3 heterocycles. The minimum Gasteiger partial charge on any atom is -0.468 e. The Labute approximate surface area is 144 Å². The fourth-order valence-corrected chi connectivity index (χ4v) is 3.35. The number of aryl methyl sites for hydroxylation is 4. The lowest BCUT2D eigenvalue weighted by Gasteiger charge is -2.09. The number of aromatic amines is 1. The predicted molar refractivity (Wildman–Crippen MR) is 94.6 cm³/mol. The molecular formula is C18H19N5O2. The topological polar surface area (TPSA) is 81.8 Å². The molecule has 0 aliphatic rings. The number of fused-ring (bicyclic) bond motifs is 1. The molecule has 0 bridgehead atoms. The van der Waals surface area contributed by atoms with Crippen LogP contribution in [0, 0.1) is 20.8 Å². The van der Waals surface area contributed by atoms with Gasteiger partial charge >= 0.3 is 0 Å². The SMILES string of the molecule is COc1nc2c(-c3c(C)cnn3C)cc(-c3c(C)noc3C)cc2[nH]1. The summed E-state index contributed by atoms with van der Waals surface area (Å²) in [6.45, 7) is 5.90. The van der Waals surface area contributed by atoms with Gasteiger partial charge in [0.25, 0.3) is 6.01 Å². The zero-order valence-corrected chi connectivity index (χ0v) is 14.8. The van der Waals surface area contributed by atoms with E-state index in [9.17, 15) is 0 Å². The first-order valence-electron chi connectivity index (χ1n) is 7.99. The van der Waals surface area contributed by atoms with Gasteiger partial charge in [0.1, 0.15) is 11.3 Å². The number of hydrogen-bond donors (Lipinski definition) is 1. The van der Waals surface area contributed by atoms with Gasteiger partial charge in [-0.25, -0.2) is 0 Å². The van der Waals surface area contributed by atoms with E-state index < -0.39 is 0 Å². The number of hydrogen-bond acceptors (Lipinski definition) is 5. The highest BCUT2D eigenvalue weighted by molar-refractivity contribution is 5.96. The van der Waals surface area contributed by atoms with Crippen LogP contribution in [0.25, 0.3) is 33.4 Å². The number of H-pyrrole nitrogens is 1. The quantitative estimate of drug-likeness (QED) is 0.618. The van der Waals surface area contributed by atoms with E-state index in [-0.39, 0.29) is 0 Å². The smallest absolute Gasteiger partial charge is 0.294 e. The molecule has 7 heteroatoms. The van der Waals surface area contributed by atoms with Crippen molar-refractivity contribution in [1.29, 1.82) is 0 Å². The molecule has 7 nitrogen and oxygen atoms in total. The fraction of sp³-hybridized carbons (Fsp3) is 0.278. The van der Waals surface area contributed by atoms with E-state index in [1.54, 1.807) is 7.11 Å². The second-order valence-electron chi connectivity index (χ2n) is 6.17. The van der Waals surface area contributed by atoms with E-state index in [1.807, 2.05) is 44.8 Å². The van der Waals surface area contributed by atoms with E-state index in [2.05, 4.69) is 26.3 Å². The summed E-state index contributed by atoms with van der Waals surface area (Å²) in [6, 6.07) is 4.64.